The number of nitrogens with zero attached hydrogens (tertiary/aromatic N) is 3. The van der Waals surface area contributed by atoms with E-state index in [-0.39, 0.29) is 11.6 Å². The molecule has 3 N–H and O–H groups in total. The molecule has 1 aromatic rings. The number of hydrazine groups is 1. The van der Waals surface area contributed by atoms with Crippen LogP contribution in [-0.4, -0.2) is 23.1 Å². The van der Waals surface area contributed by atoms with Crippen molar-refractivity contribution in [3.05, 3.63) is 11.9 Å². The Morgan fingerprint density at radius 1 is 1.30 bits per heavy atom. The first kappa shape index (κ1) is 14.8. The summed E-state index contributed by atoms with van der Waals surface area (Å²) in [5, 5.41) is 0. The minimum Gasteiger partial charge on any atom is -0.356 e. The average molecular weight is 289 g/mol. The van der Waals surface area contributed by atoms with Crippen LogP contribution in [0.15, 0.2) is 6.07 Å². The predicted molar refractivity (Wildman–Crippen MR) is 70.1 cm³/mol. The van der Waals surface area contributed by atoms with Crippen LogP contribution < -0.4 is 16.2 Å². The zero-order valence-corrected chi connectivity index (χ0v) is 11.2. The molecule has 1 atom stereocenters. The molecule has 0 saturated carbocycles. The van der Waals surface area contributed by atoms with E-state index in [1.54, 1.807) is 0 Å². The van der Waals surface area contributed by atoms with Gasteiger partial charge < -0.3 is 10.3 Å². The van der Waals surface area contributed by atoms with E-state index in [9.17, 15) is 13.2 Å². The molecule has 2 rings (SSSR count). The summed E-state index contributed by atoms with van der Waals surface area (Å²) in [5.74, 6) is 4.84. The SMILES string of the molecule is CC1CCCN(c2cc(NN)nc(C(F)(F)F)n2)CC1. The fourth-order valence-electron chi connectivity index (χ4n) is 2.29. The maximum atomic E-state index is 12.8. The Labute approximate surface area is 115 Å². The van der Waals surface area contributed by atoms with Crippen LogP contribution in [0.3, 0.4) is 0 Å². The summed E-state index contributed by atoms with van der Waals surface area (Å²) in [4.78, 5) is 8.86. The lowest BCUT2D eigenvalue weighted by molar-refractivity contribution is -0.144. The van der Waals surface area contributed by atoms with Crippen molar-refractivity contribution < 1.29 is 13.2 Å². The van der Waals surface area contributed by atoms with Crippen LogP contribution in [0.4, 0.5) is 24.8 Å². The highest BCUT2D eigenvalue weighted by atomic mass is 19.4. The van der Waals surface area contributed by atoms with E-state index < -0.39 is 12.0 Å². The van der Waals surface area contributed by atoms with Gasteiger partial charge in [-0.3, -0.25) is 0 Å². The van der Waals surface area contributed by atoms with Crippen molar-refractivity contribution in [1.82, 2.24) is 9.97 Å². The largest absolute Gasteiger partial charge is 0.451 e. The molecule has 0 bridgehead atoms. The van der Waals surface area contributed by atoms with Crippen LogP contribution in [0, 0.1) is 5.92 Å². The average Bonchev–Trinajstić information content (AvgIpc) is 2.62. The van der Waals surface area contributed by atoms with Crippen molar-refractivity contribution in [2.24, 2.45) is 11.8 Å². The summed E-state index contributed by atoms with van der Waals surface area (Å²) in [7, 11) is 0. The molecule has 0 radical (unpaired) electrons. The first-order chi connectivity index (χ1) is 9.40. The highest BCUT2D eigenvalue weighted by Gasteiger charge is 2.36. The lowest BCUT2D eigenvalue weighted by atomic mass is 10.0. The molecule has 1 saturated heterocycles. The van der Waals surface area contributed by atoms with Gasteiger partial charge in [-0.25, -0.2) is 15.8 Å². The van der Waals surface area contributed by atoms with E-state index in [1.165, 1.54) is 6.07 Å². The van der Waals surface area contributed by atoms with Crippen LogP contribution in [0.25, 0.3) is 0 Å². The second kappa shape index (κ2) is 5.82. The fraction of sp³-hybridized carbons (Fsp3) is 0.667. The standard InChI is InChI=1S/C12H18F3N5/c1-8-3-2-5-20(6-4-8)10-7-9(19-16)17-11(18-10)12(13,14)15/h7-8H,2-6,16H2,1H3,(H,17,18,19). The molecule has 2 heterocycles. The molecular weight excluding hydrogens is 271 g/mol. The summed E-state index contributed by atoms with van der Waals surface area (Å²) in [6.45, 7) is 3.54. The molecule has 0 aromatic carbocycles. The molecule has 0 spiro atoms. The van der Waals surface area contributed by atoms with Gasteiger partial charge in [0.25, 0.3) is 0 Å². The molecule has 8 heteroatoms. The molecule has 20 heavy (non-hydrogen) atoms. The zero-order valence-electron chi connectivity index (χ0n) is 11.2. The van der Waals surface area contributed by atoms with Crippen molar-refractivity contribution in [3.8, 4) is 0 Å². The number of aromatic nitrogens is 2. The summed E-state index contributed by atoms with van der Waals surface area (Å²) >= 11 is 0. The van der Waals surface area contributed by atoms with Crippen LogP contribution in [0.5, 0.6) is 0 Å². The Kier molecular flexibility index (Phi) is 4.32. The molecule has 112 valence electrons. The Hall–Kier alpha value is -1.57. The number of nitrogens with two attached hydrogens (primary N) is 1. The molecule has 1 fully saturated rings. The second-order valence-corrected chi connectivity index (χ2v) is 5.10. The molecule has 5 nitrogen and oxygen atoms in total. The Morgan fingerprint density at radius 2 is 2.05 bits per heavy atom. The Balaban J connectivity index is 2.30. The van der Waals surface area contributed by atoms with Crippen molar-refractivity contribution >= 4 is 11.6 Å². The maximum Gasteiger partial charge on any atom is 0.451 e. The van der Waals surface area contributed by atoms with Gasteiger partial charge in [-0.1, -0.05) is 6.92 Å². The molecule has 1 aliphatic heterocycles. The van der Waals surface area contributed by atoms with Crippen LogP contribution in [0.1, 0.15) is 32.0 Å². The monoisotopic (exact) mass is 289 g/mol. The van der Waals surface area contributed by atoms with Gasteiger partial charge in [-0.2, -0.15) is 13.2 Å². The third kappa shape index (κ3) is 3.50. The van der Waals surface area contributed by atoms with Gasteiger partial charge in [0, 0.05) is 19.2 Å². The van der Waals surface area contributed by atoms with Gasteiger partial charge in [0.15, 0.2) is 0 Å². The Bertz CT molecular complexity index is 463. The summed E-state index contributed by atoms with van der Waals surface area (Å²) in [6, 6.07) is 1.45. The van der Waals surface area contributed by atoms with Gasteiger partial charge in [-0.05, 0) is 25.2 Å². The van der Waals surface area contributed by atoms with Gasteiger partial charge in [0.2, 0.25) is 5.82 Å². The van der Waals surface area contributed by atoms with Gasteiger partial charge >= 0.3 is 6.18 Å². The highest BCUT2D eigenvalue weighted by molar-refractivity contribution is 5.49. The van der Waals surface area contributed by atoms with Crippen molar-refractivity contribution in [1.29, 1.82) is 0 Å². The number of hydrogen-bond acceptors (Lipinski definition) is 5. The van der Waals surface area contributed by atoms with E-state index in [0.29, 0.717) is 19.0 Å². The molecule has 0 amide bonds. The first-order valence-corrected chi connectivity index (χ1v) is 6.58. The number of nitrogens with one attached hydrogen (secondary N) is 1. The molecule has 1 unspecified atom stereocenters. The van der Waals surface area contributed by atoms with Gasteiger partial charge in [0.1, 0.15) is 11.6 Å². The lowest BCUT2D eigenvalue weighted by Crippen LogP contribution is -2.27. The minimum atomic E-state index is -4.58. The Morgan fingerprint density at radius 3 is 2.70 bits per heavy atom. The normalized spacial score (nSPS) is 20.6. The number of anilines is 2. The minimum absolute atomic E-state index is 0.0281. The van der Waals surface area contributed by atoms with Crippen molar-refractivity contribution in [2.45, 2.75) is 32.4 Å². The van der Waals surface area contributed by atoms with Crippen molar-refractivity contribution in [2.75, 3.05) is 23.4 Å². The second-order valence-electron chi connectivity index (χ2n) is 5.10. The third-order valence-corrected chi connectivity index (χ3v) is 3.45. The van der Waals surface area contributed by atoms with Crippen LogP contribution >= 0.6 is 0 Å². The zero-order chi connectivity index (χ0) is 14.8. The van der Waals surface area contributed by atoms with E-state index in [4.69, 9.17) is 5.84 Å². The van der Waals surface area contributed by atoms with Crippen LogP contribution in [0.2, 0.25) is 0 Å². The smallest absolute Gasteiger partial charge is 0.356 e. The summed E-state index contributed by atoms with van der Waals surface area (Å²) < 4.78 is 38.3. The van der Waals surface area contributed by atoms with E-state index in [0.717, 1.165) is 19.3 Å². The predicted octanol–water partition coefficient (Wildman–Crippen LogP) is 2.41. The number of hydrogen-bond donors (Lipinski definition) is 2. The quantitative estimate of drug-likeness (QED) is 0.646. The molecule has 1 aromatic heterocycles. The van der Waals surface area contributed by atoms with Crippen LogP contribution in [-0.2, 0) is 6.18 Å². The number of halogens is 3. The highest BCUT2D eigenvalue weighted by Crippen LogP contribution is 2.30. The molecule has 0 aliphatic carbocycles. The third-order valence-electron chi connectivity index (χ3n) is 3.45. The fourth-order valence-corrected chi connectivity index (χ4v) is 2.29. The van der Waals surface area contributed by atoms with Gasteiger partial charge in [-0.15, -0.1) is 0 Å². The summed E-state index contributed by atoms with van der Waals surface area (Å²) in [5.41, 5.74) is 2.17. The first-order valence-electron chi connectivity index (χ1n) is 6.58. The number of nitrogen functional groups attached to an aromatic ring is 1. The molecular formula is C12H18F3N5. The van der Waals surface area contributed by atoms with E-state index >= 15 is 0 Å². The topological polar surface area (TPSA) is 67.1 Å². The summed E-state index contributed by atoms with van der Waals surface area (Å²) in [6.07, 6.45) is -1.62. The van der Waals surface area contributed by atoms with Crippen molar-refractivity contribution in [3.63, 3.8) is 0 Å². The lowest BCUT2D eigenvalue weighted by Gasteiger charge is -2.22. The van der Waals surface area contributed by atoms with E-state index in [2.05, 4.69) is 22.3 Å². The van der Waals surface area contributed by atoms with Gasteiger partial charge in [0.05, 0.1) is 0 Å². The number of alkyl halides is 3. The maximum absolute atomic E-state index is 12.8. The number of rotatable bonds is 2. The van der Waals surface area contributed by atoms with E-state index in [1.807, 2.05) is 4.90 Å². The molecule has 1 aliphatic rings.